The molecule has 1 heterocycles. The average Bonchev–Trinajstić information content (AvgIpc) is 2.99. The van der Waals surface area contributed by atoms with Gasteiger partial charge in [-0.2, -0.15) is 11.8 Å². The molecular formula is C17H27N3OS. The first-order valence-electron chi connectivity index (χ1n) is 8.09. The van der Waals surface area contributed by atoms with Crippen molar-refractivity contribution in [1.29, 1.82) is 0 Å². The maximum Gasteiger partial charge on any atom is 0.191 e. The molecule has 1 aromatic carbocycles. The Hall–Kier alpha value is -1.36. The van der Waals surface area contributed by atoms with Gasteiger partial charge in [0.05, 0.1) is 6.61 Å². The lowest BCUT2D eigenvalue weighted by atomic mass is 10.1. The van der Waals surface area contributed by atoms with Gasteiger partial charge in [-0.3, -0.25) is 4.99 Å². The van der Waals surface area contributed by atoms with Gasteiger partial charge in [-0.05, 0) is 49.0 Å². The highest BCUT2D eigenvalue weighted by Gasteiger charge is 2.11. The molecule has 22 heavy (non-hydrogen) atoms. The molecule has 0 saturated heterocycles. The van der Waals surface area contributed by atoms with Crippen molar-refractivity contribution >= 4 is 17.7 Å². The number of thioether (sulfide) groups is 1. The molecule has 0 bridgehead atoms. The van der Waals surface area contributed by atoms with Gasteiger partial charge >= 0.3 is 0 Å². The van der Waals surface area contributed by atoms with Crippen LogP contribution in [0, 0.1) is 0 Å². The molecule has 0 radical (unpaired) electrons. The fourth-order valence-corrected chi connectivity index (χ4v) is 2.88. The van der Waals surface area contributed by atoms with E-state index in [0.29, 0.717) is 0 Å². The van der Waals surface area contributed by atoms with Crippen LogP contribution in [0.3, 0.4) is 0 Å². The van der Waals surface area contributed by atoms with E-state index < -0.39 is 0 Å². The molecule has 0 fully saturated rings. The van der Waals surface area contributed by atoms with E-state index in [0.717, 1.165) is 57.2 Å². The third-order valence-corrected chi connectivity index (χ3v) is 4.28. The monoisotopic (exact) mass is 321 g/mol. The SMILES string of the molecule is CCNC(=NCCCSC)NCCc1ccc2c(c1)CCO2. The number of hydrogen-bond acceptors (Lipinski definition) is 3. The molecule has 2 N–H and O–H groups in total. The Labute approximate surface area is 138 Å². The molecule has 0 saturated carbocycles. The fraction of sp³-hybridized carbons (Fsp3) is 0.588. The maximum absolute atomic E-state index is 5.55. The minimum atomic E-state index is 0.824. The molecule has 2 rings (SSSR count). The molecule has 0 aliphatic carbocycles. The third kappa shape index (κ3) is 5.44. The van der Waals surface area contributed by atoms with E-state index >= 15 is 0 Å². The number of fused-ring (bicyclic) bond motifs is 1. The Kier molecular flexibility index (Phi) is 7.43. The van der Waals surface area contributed by atoms with Gasteiger partial charge in [0.15, 0.2) is 5.96 Å². The van der Waals surface area contributed by atoms with Crippen molar-refractivity contribution in [3.63, 3.8) is 0 Å². The molecule has 0 amide bonds. The molecule has 122 valence electrons. The lowest BCUT2D eigenvalue weighted by Crippen LogP contribution is -2.38. The highest BCUT2D eigenvalue weighted by atomic mass is 32.2. The Morgan fingerprint density at radius 1 is 1.36 bits per heavy atom. The zero-order valence-electron chi connectivity index (χ0n) is 13.7. The van der Waals surface area contributed by atoms with Crippen molar-refractivity contribution in [1.82, 2.24) is 10.6 Å². The Morgan fingerprint density at radius 3 is 3.09 bits per heavy atom. The van der Waals surface area contributed by atoms with Crippen molar-refractivity contribution < 1.29 is 4.74 Å². The zero-order chi connectivity index (χ0) is 15.6. The topological polar surface area (TPSA) is 45.7 Å². The average molecular weight is 321 g/mol. The summed E-state index contributed by atoms with van der Waals surface area (Å²) in [5.41, 5.74) is 2.70. The molecule has 4 nitrogen and oxygen atoms in total. The number of nitrogens with zero attached hydrogens (tertiary/aromatic N) is 1. The summed E-state index contributed by atoms with van der Waals surface area (Å²) in [7, 11) is 0. The van der Waals surface area contributed by atoms with Gasteiger partial charge in [0.25, 0.3) is 0 Å². The largest absolute Gasteiger partial charge is 0.493 e. The van der Waals surface area contributed by atoms with E-state index in [9.17, 15) is 0 Å². The first kappa shape index (κ1) is 17.0. The normalized spacial score (nSPS) is 13.6. The van der Waals surface area contributed by atoms with Gasteiger partial charge in [-0.1, -0.05) is 12.1 Å². The molecule has 0 unspecified atom stereocenters. The minimum Gasteiger partial charge on any atom is -0.493 e. The number of aliphatic imine (C=N–C) groups is 1. The van der Waals surface area contributed by atoms with Crippen LogP contribution in [0.4, 0.5) is 0 Å². The smallest absolute Gasteiger partial charge is 0.191 e. The van der Waals surface area contributed by atoms with Crippen molar-refractivity contribution in [2.75, 3.05) is 38.2 Å². The first-order chi connectivity index (χ1) is 10.8. The molecule has 1 aliphatic heterocycles. The summed E-state index contributed by atoms with van der Waals surface area (Å²) in [6, 6.07) is 6.53. The Balaban J connectivity index is 1.77. The quantitative estimate of drug-likeness (QED) is 0.439. The molecule has 1 aromatic rings. The second-order valence-electron chi connectivity index (χ2n) is 5.32. The van der Waals surface area contributed by atoms with Gasteiger partial charge in [0.2, 0.25) is 0 Å². The summed E-state index contributed by atoms with van der Waals surface area (Å²) < 4.78 is 5.55. The van der Waals surface area contributed by atoms with Crippen molar-refractivity contribution in [3.05, 3.63) is 29.3 Å². The number of nitrogens with one attached hydrogen (secondary N) is 2. The predicted molar refractivity (Wildman–Crippen MR) is 96.3 cm³/mol. The van der Waals surface area contributed by atoms with Crippen LogP contribution in [0.5, 0.6) is 5.75 Å². The van der Waals surface area contributed by atoms with E-state index in [1.165, 1.54) is 16.9 Å². The summed E-state index contributed by atoms with van der Waals surface area (Å²) in [4.78, 5) is 4.60. The second-order valence-corrected chi connectivity index (χ2v) is 6.31. The second kappa shape index (κ2) is 9.62. The number of hydrogen-bond donors (Lipinski definition) is 2. The number of rotatable bonds is 8. The van der Waals surface area contributed by atoms with Crippen LogP contribution in [0.25, 0.3) is 0 Å². The van der Waals surface area contributed by atoms with Crippen LogP contribution in [0.15, 0.2) is 23.2 Å². The van der Waals surface area contributed by atoms with Gasteiger partial charge in [0, 0.05) is 26.1 Å². The lowest BCUT2D eigenvalue weighted by molar-refractivity contribution is 0.357. The highest BCUT2D eigenvalue weighted by Crippen LogP contribution is 2.25. The fourth-order valence-electron chi connectivity index (χ4n) is 2.46. The van der Waals surface area contributed by atoms with Crippen LogP contribution >= 0.6 is 11.8 Å². The van der Waals surface area contributed by atoms with Crippen molar-refractivity contribution in [3.8, 4) is 5.75 Å². The number of benzene rings is 1. The van der Waals surface area contributed by atoms with Crippen LogP contribution in [-0.4, -0.2) is 44.2 Å². The summed E-state index contributed by atoms with van der Waals surface area (Å²) in [5.74, 6) is 3.15. The maximum atomic E-state index is 5.55. The standard InChI is InChI=1S/C17H27N3OS/c1-3-18-17(19-9-4-12-22-2)20-10-7-14-5-6-16-15(13-14)8-11-21-16/h5-6,13H,3-4,7-12H2,1-2H3,(H2,18,19,20). The van der Waals surface area contributed by atoms with E-state index in [1.807, 2.05) is 11.8 Å². The number of guanidine groups is 1. The zero-order valence-corrected chi connectivity index (χ0v) is 14.5. The first-order valence-corrected chi connectivity index (χ1v) is 9.48. The van der Waals surface area contributed by atoms with Gasteiger partial charge in [-0.25, -0.2) is 0 Å². The van der Waals surface area contributed by atoms with E-state index in [1.54, 1.807) is 0 Å². The predicted octanol–water partition coefficient (Wildman–Crippen LogP) is 2.47. The third-order valence-electron chi connectivity index (χ3n) is 3.58. The van der Waals surface area contributed by atoms with Gasteiger partial charge in [-0.15, -0.1) is 0 Å². The summed E-state index contributed by atoms with van der Waals surface area (Å²) >= 11 is 1.87. The number of ether oxygens (including phenoxy) is 1. The lowest BCUT2D eigenvalue weighted by Gasteiger charge is -2.11. The van der Waals surface area contributed by atoms with Crippen LogP contribution in [0.1, 0.15) is 24.5 Å². The minimum absolute atomic E-state index is 0.824. The van der Waals surface area contributed by atoms with Crippen LogP contribution in [-0.2, 0) is 12.8 Å². The van der Waals surface area contributed by atoms with E-state index in [4.69, 9.17) is 4.74 Å². The molecule has 0 atom stereocenters. The van der Waals surface area contributed by atoms with Crippen LogP contribution in [0.2, 0.25) is 0 Å². The molecular weight excluding hydrogens is 294 g/mol. The van der Waals surface area contributed by atoms with Crippen molar-refractivity contribution in [2.24, 2.45) is 4.99 Å². The van der Waals surface area contributed by atoms with Gasteiger partial charge in [0.1, 0.15) is 5.75 Å². The molecule has 0 spiro atoms. The molecule has 0 aromatic heterocycles. The molecule has 1 aliphatic rings. The van der Waals surface area contributed by atoms with E-state index in [2.05, 4.69) is 47.0 Å². The van der Waals surface area contributed by atoms with E-state index in [-0.39, 0.29) is 0 Å². The Morgan fingerprint density at radius 2 is 2.27 bits per heavy atom. The highest BCUT2D eigenvalue weighted by molar-refractivity contribution is 7.98. The summed E-state index contributed by atoms with van der Waals surface area (Å²) in [5, 5.41) is 6.71. The summed E-state index contributed by atoms with van der Waals surface area (Å²) in [6.07, 6.45) is 5.30. The summed E-state index contributed by atoms with van der Waals surface area (Å²) in [6.45, 7) is 5.59. The van der Waals surface area contributed by atoms with Crippen molar-refractivity contribution in [2.45, 2.75) is 26.2 Å². The molecule has 5 heteroatoms. The Bertz CT molecular complexity index is 491. The van der Waals surface area contributed by atoms with Gasteiger partial charge < -0.3 is 15.4 Å². The van der Waals surface area contributed by atoms with Crippen LogP contribution < -0.4 is 15.4 Å².